The van der Waals surface area contributed by atoms with Gasteiger partial charge in [-0.3, -0.25) is 14.5 Å². The van der Waals surface area contributed by atoms with E-state index in [1.165, 1.54) is 4.90 Å². The Morgan fingerprint density at radius 3 is 2.68 bits per heavy atom. The predicted octanol–water partition coefficient (Wildman–Crippen LogP) is 2.44. The third kappa shape index (κ3) is 1.74. The van der Waals surface area contributed by atoms with E-state index in [0.717, 1.165) is 25.7 Å². The van der Waals surface area contributed by atoms with Crippen molar-refractivity contribution in [2.75, 3.05) is 5.73 Å². The predicted molar refractivity (Wildman–Crippen MR) is 72.8 cm³/mol. The molecule has 100 valence electrons. The second-order valence-corrected chi connectivity index (χ2v) is 5.49. The van der Waals surface area contributed by atoms with Gasteiger partial charge in [0.15, 0.2) is 0 Å². The van der Waals surface area contributed by atoms with Gasteiger partial charge < -0.3 is 5.73 Å². The van der Waals surface area contributed by atoms with Crippen molar-refractivity contribution >= 4 is 17.5 Å². The molecule has 1 aromatic rings. The molecule has 0 saturated heterocycles. The molecule has 1 saturated carbocycles. The lowest BCUT2D eigenvalue weighted by molar-refractivity contribution is 0.0585. The molecule has 4 heteroatoms. The van der Waals surface area contributed by atoms with Crippen LogP contribution in [-0.2, 0) is 0 Å². The monoisotopic (exact) mass is 258 g/mol. The summed E-state index contributed by atoms with van der Waals surface area (Å²) in [6.45, 7) is 2.16. The Balaban J connectivity index is 1.93. The lowest BCUT2D eigenvalue weighted by Crippen LogP contribution is -2.38. The van der Waals surface area contributed by atoms with Crippen molar-refractivity contribution in [2.24, 2.45) is 5.92 Å². The summed E-state index contributed by atoms with van der Waals surface area (Å²) in [6.07, 6.45) is 4.07. The zero-order valence-electron chi connectivity index (χ0n) is 11.1. The van der Waals surface area contributed by atoms with Crippen LogP contribution in [0.25, 0.3) is 0 Å². The normalized spacial score (nSPS) is 26.1. The molecule has 2 atom stereocenters. The van der Waals surface area contributed by atoms with Gasteiger partial charge in [0.25, 0.3) is 11.8 Å². The molecule has 2 amide bonds. The molecule has 1 aliphatic heterocycles. The topological polar surface area (TPSA) is 63.4 Å². The summed E-state index contributed by atoms with van der Waals surface area (Å²) in [7, 11) is 0. The Hall–Kier alpha value is -1.84. The zero-order chi connectivity index (χ0) is 13.6. The molecule has 2 N–H and O–H groups in total. The third-order valence-corrected chi connectivity index (χ3v) is 4.43. The van der Waals surface area contributed by atoms with Gasteiger partial charge in [0, 0.05) is 11.7 Å². The first-order valence-corrected chi connectivity index (χ1v) is 6.89. The summed E-state index contributed by atoms with van der Waals surface area (Å²) in [5.74, 6) is 0.251. The van der Waals surface area contributed by atoms with E-state index < -0.39 is 0 Å². The van der Waals surface area contributed by atoms with Gasteiger partial charge in [-0.05, 0) is 37.3 Å². The van der Waals surface area contributed by atoms with Crippen LogP contribution in [0.5, 0.6) is 0 Å². The molecule has 0 bridgehead atoms. The van der Waals surface area contributed by atoms with E-state index in [1.807, 2.05) is 0 Å². The SMILES string of the molecule is CCC1CCC(N2C(=O)c3cccc(N)c3C2=O)C1. The molecule has 0 spiro atoms. The highest BCUT2D eigenvalue weighted by atomic mass is 16.2. The Morgan fingerprint density at radius 2 is 2.05 bits per heavy atom. The van der Waals surface area contributed by atoms with Crippen LogP contribution in [0.3, 0.4) is 0 Å². The molecule has 2 unspecified atom stereocenters. The molecule has 1 heterocycles. The fraction of sp³-hybridized carbons (Fsp3) is 0.467. The van der Waals surface area contributed by atoms with E-state index in [9.17, 15) is 9.59 Å². The fourth-order valence-corrected chi connectivity index (χ4v) is 3.32. The van der Waals surface area contributed by atoms with E-state index in [0.29, 0.717) is 22.7 Å². The number of benzene rings is 1. The second-order valence-electron chi connectivity index (χ2n) is 5.49. The number of nitrogens with zero attached hydrogens (tertiary/aromatic N) is 1. The number of rotatable bonds is 2. The van der Waals surface area contributed by atoms with Crippen molar-refractivity contribution in [1.82, 2.24) is 4.90 Å². The van der Waals surface area contributed by atoms with Gasteiger partial charge in [-0.15, -0.1) is 0 Å². The van der Waals surface area contributed by atoms with E-state index in [2.05, 4.69) is 6.92 Å². The van der Waals surface area contributed by atoms with E-state index in [1.54, 1.807) is 18.2 Å². The van der Waals surface area contributed by atoms with Crippen molar-refractivity contribution in [3.05, 3.63) is 29.3 Å². The average Bonchev–Trinajstić information content (AvgIpc) is 2.95. The van der Waals surface area contributed by atoms with Gasteiger partial charge in [0.05, 0.1) is 11.1 Å². The van der Waals surface area contributed by atoms with Gasteiger partial charge in [0.2, 0.25) is 0 Å². The molecule has 0 radical (unpaired) electrons. The lowest BCUT2D eigenvalue weighted by atomic mass is 10.1. The summed E-state index contributed by atoms with van der Waals surface area (Å²) in [6, 6.07) is 5.15. The number of nitrogens with two attached hydrogens (primary N) is 1. The standard InChI is InChI=1S/C15H18N2O2/c1-2-9-6-7-10(8-9)17-14(18)11-4-3-5-12(16)13(11)15(17)19/h3-5,9-10H,2,6-8,16H2,1H3. The lowest BCUT2D eigenvalue weighted by Gasteiger charge is -2.22. The first-order chi connectivity index (χ1) is 9.13. The molecular weight excluding hydrogens is 240 g/mol. The van der Waals surface area contributed by atoms with Crippen molar-refractivity contribution in [3.63, 3.8) is 0 Å². The maximum absolute atomic E-state index is 12.4. The molecule has 3 rings (SSSR count). The highest BCUT2D eigenvalue weighted by Crippen LogP contribution is 2.37. The highest BCUT2D eigenvalue weighted by molar-refractivity contribution is 6.23. The van der Waals surface area contributed by atoms with Crippen LogP contribution in [0.4, 0.5) is 5.69 Å². The van der Waals surface area contributed by atoms with E-state index in [4.69, 9.17) is 5.73 Å². The number of amides is 2. The van der Waals surface area contributed by atoms with Crippen LogP contribution in [0.15, 0.2) is 18.2 Å². The largest absolute Gasteiger partial charge is 0.398 e. The van der Waals surface area contributed by atoms with Crippen LogP contribution in [0.2, 0.25) is 0 Å². The zero-order valence-corrected chi connectivity index (χ0v) is 11.1. The van der Waals surface area contributed by atoms with Crippen molar-refractivity contribution in [3.8, 4) is 0 Å². The number of fused-ring (bicyclic) bond motifs is 1. The molecule has 1 aliphatic carbocycles. The molecule has 2 aliphatic rings. The molecule has 1 aromatic carbocycles. The van der Waals surface area contributed by atoms with Crippen LogP contribution < -0.4 is 5.73 Å². The fourth-order valence-electron chi connectivity index (χ4n) is 3.32. The van der Waals surface area contributed by atoms with Gasteiger partial charge in [-0.2, -0.15) is 0 Å². The van der Waals surface area contributed by atoms with Crippen LogP contribution in [0.1, 0.15) is 53.3 Å². The Labute approximate surface area is 112 Å². The second kappa shape index (κ2) is 4.37. The maximum Gasteiger partial charge on any atom is 0.263 e. The van der Waals surface area contributed by atoms with Gasteiger partial charge in [-0.1, -0.05) is 19.4 Å². The van der Waals surface area contributed by atoms with Gasteiger partial charge >= 0.3 is 0 Å². The highest BCUT2D eigenvalue weighted by Gasteiger charge is 2.43. The number of carbonyl (C=O) groups excluding carboxylic acids is 2. The number of nitrogen functional groups attached to an aromatic ring is 1. The van der Waals surface area contributed by atoms with Crippen molar-refractivity contribution < 1.29 is 9.59 Å². The summed E-state index contributed by atoms with van der Waals surface area (Å²) < 4.78 is 0. The van der Waals surface area contributed by atoms with Gasteiger partial charge in [-0.25, -0.2) is 0 Å². The maximum atomic E-state index is 12.4. The average molecular weight is 258 g/mol. The Kier molecular flexibility index (Phi) is 2.81. The summed E-state index contributed by atoms with van der Waals surface area (Å²) in [5.41, 5.74) is 7.10. The third-order valence-electron chi connectivity index (χ3n) is 4.43. The molecule has 0 aromatic heterocycles. The molecular formula is C15H18N2O2. The molecule has 1 fully saturated rings. The minimum atomic E-state index is -0.208. The summed E-state index contributed by atoms with van der Waals surface area (Å²) in [5, 5.41) is 0. The Morgan fingerprint density at radius 1 is 1.26 bits per heavy atom. The number of hydrogen-bond donors (Lipinski definition) is 1. The van der Waals surface area contributed by atoms with Crippen LogP contribution >= 0.6 is 0 Å². The molecule has 4 nitrogen and oxygen atoms in total. The summed E-state index contributed by atoms with van der Waals surface area (Å²) in [4.78, 5) is 26.3. The first-order valence-electron chi connectivity index (χ1n) is 6.89. The number of imide groups is 1. The van der Waals surface area contributed by atoms with Crippen molar-refractivity contribution in [2.45, 2.75) is 38.6 Å². The van der Waals surface area contributed by atoms with Crippen LogP contribution in [0, 0.1) is 5.92 Å². The van der Waals surface area contributed by atoms with Crippen molar-refractivity contribution in [1.29, 1.82) is 0 Å². The smallest absolute Gasteiger partial charge is 0.263 e. The van der Waals surface area contributed by atoms with Gasteiger partial charge in [0.1, 0.15) is 0 Å². The molecule has 19 heavy (non-hydrogen) atoms. The van der Waals surface area contributed by atoms with E-state index >= 15 is 0 Å². The number of carbonyl (C=O) groups is 2. The first kappa shape index (κ1) is 12.2. The number of anilines is 1. The van der Waals surface area contributed by atoms with E-state index in [-0.39, 0.29) is 17.9 Å². The quantitative estimate of drug-likeness (QED) is 0.654. The minimum absolute atomic E-state index is 0.0525. The van der Waals surface area contributed by atoms with Crippen LogP contribution in [-0.4, -0.2) is 22.8 Å². The minimum Gasteiger partial charge on any atom is -0.398 e. The Bertz CT molecular complexity index is 553. The number of hydrogen-bond acceptors (Lipinski definition) is 3. The summed E-state index contributed by atoms with van der Waals surface area (Å²) >= 11 is 0.